The predicted octanol–water partition coefficient (Wildman–Crippen LogP) is 5.28. The van der Waals surface area contributed by atoms with E-state index in [1.165, 1.54) is 0 Å². The number of allylic oxidation sites excluding steroid dienone is 1. The van der Waals surface area contributed by atoms with Crippen molar-refractivity contribution in [1.82, 2.24) is 0 Å². The monoisotopic (exact) mass is 339 g/mol. The highest BCUT2D eigenvalue weighted by molar-refractivity contribution is 5.92. The lowest BCUT2D eigenvalue weighted by Gasteiger charge is -2.07. The summed E-state index contributed by atoms with van der Waals surface area (Å²) in [5.41, 5.74) is 3.73. The minimum Gasteiger partial charge on any atom is -0.423 e. The number of hydrogen-bond donors (Lipinski definition) is 0. The lowest BCUT2D eigenvalue weighted by atomic mass is 10.0. The number of carbonyl (C=O) groups is 1. The Morgan fingerprint density at radius 3 is 2.23 bits per heavy atom. The number of carbonyl (C=O) groups excluding carboxylic acids is 1. The summed E-state index contributed by atoms with van der Waals surface area (Å²) in [5, 5.41) is 9.38. The van der Waals surface area contributed by atoms with Crippen LogP contribution in [-0.4, -0.2) is 5.97 Å². The highest BCUT2D eigenvalue weighted by Gasteiger charge is 2.10. The topological polar surface area (TPSA) is 50.1 Å². The Labute approximate surface area is 152 Å². The number of hydrogen-bond acceptors (Lipinski definition) is 3. The molecule has 3 aromatic carbocycles. The smallest absolute Gasteiger partial charge is 0.343 e. The summed E-state index contributed by atoms with van der Waals surface area (Å²) in [6, 6.07) is 26.1. The fourth-order valence-electron chi connectivity index (χ4n) is 2.56. The van der Waals surface area contributed by atoms with E-state index < -0.39 is 0 Å². The lowest BCUT2D eigenvalue weighted by Crippen LogP contribution is -2.09. The van der Waals surface area contributed by atoms with Gasteiger partial charge < -0.3 is 4.74 Å². The van der Waals surface area contributed by atoms with Crippen molar-refractivity contribution in [2.75, 3.05) is 0 Å². The van der Waals surface area contributed by atoms with Gasteiger partial charge in [0.25, 0.3) is 0 Å². The molecule has 0 radical (unpaired) electrons. The average Bonchev–Trinajstić information content (AvgIpc) is 2.68. The summed E-state index contributed by atoms with van der Waals surface area (Å²) in [7, 11) is 0. The van der Waals surface area contributed by atoms with E-state index in [1.54, 1.807) is 18.2 Å². The molecule has 26 heavy (non-hydrogen) atoms. The summed E-state index contributed by atoms with van der Waals surface area (Å²) < 4.78 is 5.43. The van der Waals surface area contributed by atoms with Crippen molar-refractivity contribution in [1.29, 1.82) is 5.26 Å². The van der Waals surface area contributed by atoms with E-state index in [9.17, 15) is 10.1 Å². The van der Waals surface area contributed by atoms with Gasteiger partial charge in [0.1, 0.15) is 5.75 Å². The van der Waals surface area contributed by atoms with E-state index in [0.717, 1.165) is 16.7 Å². The average molecular weight is 339 g/mol. The Bertz CT molecular complexity index is 981. The molecular weight excluding hydrogens is 322 g/mol. The third-order valence-corrected chi connectivity index (χ3v) is 3.97. The quantitative estimate of drug-likeness (QED) is 0.281. The molecule has 0 aliphatic heterocycles. The van der Waals surface area contributed by atoms with Gasteiger partial charge in [-0.05, 0) is 47.9 Å². The molecule has 0 fully saturated rings. The third-order valence-electron chi connectivity index (χ3n) is 3.97. The van der Waals surface area contributed by atoms with Crippen LogP contribution in [0.2, 0.25) is 0 Å². The summed E-state index contributed by atoms with van der Waals surface area (Å²) in [4.78, 5) is 12.3. The second-order valence-corrected chi connectivity index (χ2v) is 5.81. The van der Waals surface area contributed by atoms with E-state index in [4.69, 9.17) is 4.74 Å². The van der Waals surface area contributed by atoms with Crippen LogP contribution in [0.3, 0.4) is 0 Å². The maximum Gasteiger partial charge on any atom is 0.343 e. The number of esters is 1. The minimum atomic E-state index is -0.381. The van der Waals surface area contributed by atoms with Gasteiger partial charge in [-0.2, -0.15) is 5.26 Å². The molecule has 3 aromatic rings. The summed E-state index contributed by atoms with van der Waals surface area (Å²) in [6.07, 6.45) is 1.81. The zero-order valence-electron chi connectivity index (χ0n) is 14.3. The Balaban J connectivity index is 1.77. The van der Waals surface area contributed by atoms with Gasteiger partial charge in [0.15, 0.2) is 0 Å². The van der Waals surface area contributed by atoms with Crippen LogP contribution < -0.4 is 4.74 Å². The number of benzene rings is 3. The molecule has 0 aliphatic rings. The first kappa shape index (κ1) is 17.2. The highest BCUT2D eigenvalue weighted by atomic mass is 16.5. The number of ether oxygens (including phenoxy) is 1. The van der Waals surface area contributed by atoms with E-state index in [1.807, 2.05) is 73.7 Å². The first-order valence-electron chi connectivity index (χ1n) is 8.22. The second-order valence-electron chi connectivity index (χ2n) is 5.81. The van der Waals surface area contributed by atoms with Gasteiger partial charge in [-0.25, -0.2) is 4.79 Å². The van der Waals surface area contributed by atoms with Gasteiger partial charge in [-0.15, -0.1) is 0 Å². The van der Waals surface area contributed by atoms with Gasteiger partial charge in [-0.1, -0.05) is 60.7 Å². The molecule has 3 rings (SSSR count). The van der Waals surface area contributed by atoms with Crippen LogP contribution >= 0.6 is 0 Å². The van der Waals surface area contributed by atoms with Crippen molar-refractivity contribution < 1.29 is 9.53 Å². The van der Waals surface area contributed by atoms with Crippen LogP contribution in [0, 0.1) is 18.3 Å². The Hall–Kier alpha value is -3.64. The maximum atomic E-state index is 12.3. The Kier molecular flexibility index (Phi) is 5.26. The van der Waals surface area contributed by atoms with Crippen LogP contribution in [0.15, 0.2) is 78.9 Å². The molecule has 0 N–H and O–H groups in total. The minimum absolute atomic E-state index is 0.381. The molecule has 0 amide bonds. The molecular formula is C23H17NO2. The maximum absolute atomic E-state index is 12.3. The Morgan fingerprint density at radius 2 is 1.58 bits per heavy atom. The molecule has 0 aromatic heterocycles. The fraction of sp³-hybridized carbons (Fsp3) is 0.0435. The van der Waals surface area contributed by atoms with E-state index in [2.05, 4.69) is 6.07 Å². The van der Waals surface area contributed by atoms with Crippen molar-refractivity contribution in [2.45, 2.75) is 6.92 Å². The summed E-state index contributed by atoms with van der Waals surface area (Å²) in [5.74, 6) is 0.0852. The molecule has 0 bridgehead atoms. The molecule has 0 aliphatic carbocycles. The predicted molar refractivity (Wildman–Crippen MR) is 103 cm³/mol. The van der Waals surface area contributed by atoms with Gasteiger partial charge in [0, 0.05) is 0 Å². The van der Waals surface area contributed by atoms with E-state index >= 15 is 0 Å². The molecule has 0 unspecified atom stereocenters. The lowest BCUT2D eigenvalue weighted by molar-refractivity contribution is 0.0734. The fourth-order valence-corrected chi connectivity index (χ4v) is 2.56. The summed E-state index contributed by atoms with van der Waals surface area (Å²) >= 11 is 0. The van der Waals surface area contributed by atoms with Gasteiger partial charge in [0.05, 0.1) is 17.2 Å². The van der Waals surface area contributed by atoms with E-state index in [-0.39, 0.29) is 5.97 Å². The van der Waals surface area contributed by atoms with Crippen molar-refractivity contribution in [3.8, 4) is 11.8 Å². The van der Waals surface area contributed by atoms with Crippen molar-refractivity contribution >= 4 is 17.6 Å². The Morgan fingerprint density at radius 1 is 0.923 bits per heavy atom. The standard InChI is InChI=1S/C23H17NO2/c1-17-7-5-6-10-22(17)23(25)26-21-13-11-18(12-14-21)15-20(16-24)19-8-3-2-4-9-19/h2-15H,1H3/b20-15-. The molecule has 3 nitrogen and oxygen atoms in total. The van der Waals surface area contributed by atoms with Crippen LogP contribution in [0.5, 0.6) is 5.75 Å². The molecule has 3 heteroatoms. The van der Waals surface area contributed by atoms with Crippen LogP contribution in [0.4, 0.5) is 0 Å². The highest BCUT2D eigenvalue weighted by Crippen LogP contribution is 2.20. The SMILES string of the molecule is Cc1ccccc1C(=O)Oc1ccc(/C=C(/C#N)c2ccccc2)cc1. The van der Waals surface area contributed by atoms with Gasteiger partial charge in [-0.3, -0.25) is 0 Å². The molecule has 126 valence electrons. The molecule has 0 spiro atoms. The zero-order valence-corrected chi connectivity index (χ0v) is 14.3. The van der Waals surface area contributed by atoms with Crippen molar-refractivity contribution in [3.63, 3.8) is 0 Å². The molecule has 0 heterocycles. The van der Waals surface area contributed by atoms with Gasteiger partial charge >= 0.3 is 5.97 Å². The van der Waals surface area contributed by atoms with Gasteiger partial charge in [0.2, 0.25) is 0 Å². The van der Waals surface area contributed by atoms with Crippen molar-refractivity contribution in [2.24, 2.45) is 0 Å². The number of nitriles is 1. The first-order valence-corrected chi connectivity index (χ1v) is 8.22. The van der Waals surface area contributed by atoms with Crippen LogP contribution in [0.25, 0.3) is 11.6 Å². The van der Waals surface area contributed by atoms with Crippen molar-refractivity contribution in [3.05, 3.63) is 101 Å². The summed E-state index contributed by atoms with van der Waals surface area (Å²) in [6.45, 7) is 1.87. The second kappa shape index (κ2) is 7.96. The first-order chi connectivity index (χ1) is 12.7. The normalized spacial score (nSPS) is 10.8. The number of rotatable bonds is 4. The largest absolute Gasteiger partial charge is 0.423 e. The molecule has 0 saturated carbocycles. The number of aryl methyl sites for hydroxylation is 1. The van der Waals surface area contributed by atoms with E-state index in [0.29, 0.717) is 16.9 Å². The third kappa shape index (κ3) is 4.06. The zero-order chi connectivity index (χ0) is 18.4. The molecule has 0 atom stereocenters. The van der Waals surface area contributed by atoms with Crippen LogP contribution in [0.1, 0.15) is 27.0 Å². The van der Waals surface area contributed by atoms with Crippen LogP contribution in [-0.2, 0) is 0 Å². The molecule has 0 saturated heterocycles. The number of nitrogens with zero attached hydrogens (tertiary/aromatic N) is 1.